The molecule has 1 amide bonds. The molecule has 0 saturated carbocycles. The minimum Gasteiger partial charge on any atom is -0.491 e. The number of primary amides is 1. The summed E-state index contributed by atoms with van der Waals surface area (Å²) in [6, 6.07) is 22.5. The topological polar surface area (TPSA) is 105 Å². The molecule has 0 aliphatic heterocycles. The van der Waals surface area contributed by atoms with Crippen molar-refractivity contribution in [3.63, 3.8) is 0 Å². The number of nitrogens with zero attached hydrogens (tertiary/aromatic N) is 1. The molecule has 0 aliphatic rings. The zero-order valence-electron chi connectivity index (χ0n) is 20.0. The molecule has 0 fully saturated rings. The first-order valence-corrected chi connectivity index (χ1v) is 12.6. The van der Waals surface area contributed by atoms with Crippen LogP contribution in [-0.2, 0) is 6.42 Å². The van der Waals surface area contributed by atoms with E-state index in [1.54, 1.807) is 6.07 Å². The summed E-state index contributed by atoms with van der Waals surface area (Å²) in [6.07, 6.45) is 0.0891. The summed E-state index contributed by atoms with van der Waals surface area (Å²) in [7, 11) is 0. The van der Waals surface area contributed by atoms with Crippen molar-refractivity contribution in [3.05, 3.63) is 82.6 Å². The molecule has 0 saturated heterocycles. The van der Waals surface area contributed by atoms with Gasteiger partial charge in [0.15, 0.2) is 0 Å². The Morgan fingerprint density at radius 1 is 0.886 bits per heavy atom. The molecular formula is C27H34N2O5S. The molecule has 188 valence electrons. The predicted octanol–water partition coefficient (Wildman–Crippen LogP) is 3.35. The van der Waals surface area contributed by atoms with Crippen LogP contribution in [-0.4, -0.2) is 65.6 Å². The van der Waals surface area contributed by atoms with Gasteiger partial charge in [0.2, 0.25) is 0 Å². The SMILES string of the molecule is CC(CCc1ccc(C(N)=O)s1)N(CC(O)COc1ccccc1)CC(O)COc1ccccc1. The largest absolute Gasteiger partial charge is 0.491 e. The van der Waals surface area contributed by atoms with Gasteiger partial charge in [-0.25, -0.2) is 0 Å². The number of aliphatic hydroxyl groups is 2. The Morgan fingerprint density at radius 2 is 1.40 bits per heavy atom. The summed E-state index contributed by atoms with van der Waals surface area (Å²) in [5, 5.41) is 21.3. The van der Waals surface area contributed by atoms with Gasteiger partial charge >= 0.3 is 0 Å². The van der Waals surface area contributed by atoms with E-state index in [0.29, 0.717) is 29.5 Å². The number of carbonyl (C=O) groups excluding carboxylic acids is 1. The smallest absolute Gasteiger partial charge is 0.258 e. The van der Waals surface area contributed by atoms with Crippen LogP contribution in [0.3, 0.4) is 0 Å². The zero-order valence-corrected chi connectivity index (χ0v) is 20.8. The molecule has 3 rings (SSSR count). The highest BCUT2D eigenvalue weighted by Gasteiger charge is 2.22. The summed E-state index contributed by atoms with van der Waals surface area (Å²) in [5.41, 5.74) is 5.37. The fourth-order valence-electron chi connectivity index (χ4n) is 3.68. The Hall–Kier alpha value is -2.91. The summed E-state index contributed by atoms with van der Waals surface area (Å²) >= 11 is 1.40. The number of thiophene rings is 1. The molecule has 1 aromatic heterocycles. The third-order valence-electron chi connectivity index (χ3n) is 5.60. The van der Waals surface area contributed by atoms with Crippen molar-refractivity contribution in [2.75, 3.05) is 26.3 Å². The highest BCUT2D eigenvalue weighted by molar-refractivity contribution is 7.14. The van der Waals surface area contributed by atoms with Crippen LogP contribution in [0.15, 0.2) is 72.8 Å². The normalized spacial score (nSPS) is 13.8. The van der Waals surface area contributed by atoms with E-state index in [0.717, 1.165) is 17.7 Å². The predicted molar refractivity (Wildman–Crippen MR) is 138 cm³/mol. The Kier molecular flexibility index (Phi) is 10.6. The van der Waals surface area contributed by atoms with E-state index < -0.39 is 18.1 Å². The van der Waals surface area contributed by atoms with Gasteiger partial charge in [0.05, 0.1) is 4.88 Å². The number of ether oxygens (including phenoxy) is 2. The van der Waals surface area contributed by atoms with E-state index >= 15 is 0 Å². The molecule has 0 spiro atoms. The maximum Gasteiger partial charge on any atom is 0.258 e. The number of benzene rings is 2. The molecule has 3 atom stereocenters. The first-order valence-electron chi connectivity index (χ1n) is 11.7. The molecule has 0 bridgehead atoms. The van der Waals surface area contributed by atoms with Crippen molar-refractivity contribution in [1.82, 2.24) is 4.90 Å². The second-order valence-corrected chi connectivity index (χ2v) is 9.70. The minimum atomic E-state index is -0.733. The molecule has 8 heteroatoms. The standard InChI is InChI=1S/C27H34N2O5S/c1-20(12-13-25-14-15-26(35-25)27(28)32)29(16-21(30)18-33-23-8-4-2-5-9-23)17-22(31)19-34-24-10-6-3-7-11-24/h2-11,14-15,20-22,30-31H,12-13,16-19H2,1H3,(H2,28,32). The van der Waals surface area contributed by atoms with Crippen LogP contribution in [0, 0.1) is 0 Å². The lowest BCUT2D eigenvalue weighted by Gasteiger charge is -2.32. The van der Waals surface area contributed by atoms with Gasteiger partial charge in [0.25, 0.3) is 5.91 Å². The van der Waals surface area contributed by atoms with Crippen molar-refractivity contribution in [3.8, 4) is 11.5 Å². The van der Waals surface area contributed by atoms with Crippen LogP contribution < -0.4 is 15.2 Å². The molecule has 7 nitrogen and oxygen atoms in total. The number of nitrogens with two attached hydrogens (primary N) is 1. The second kappa shape index (κ2) is 13.8. The summed E-state index contributed by atoms with van der Waals surface area (Å²) < 4.78 is 11.4. The number of hydrogen-bond acceptors (Lipinski definition) is 7. The lowest BCUT2D eigenvalue weighted by molar-refractivity contribution is 0.0154. The number of carbonyl (C=O) groups is 1. The molecule has 2 aromatic carbocycles. The quantitative estimate of drug-likeness (QED) is 0.297. The van der Waals surface area contributed by atoms with E-state index in [-0.39, 0.29) is 19.3 Å². The zero-order chi connectivity index (χ0) is 25.0. The van der Waals surface area contributed by atoms with Crippen molar-refractivity contribution < 1.29 is 24.5 Å². The molecule has 0 radical (unpaired) electrons. The van der Waals surface area contributed by atoms with Gasteiger partial charge < -0.3 is 25.4 Å². The van der Waals surface area contributed by atoms with E-state index in [1.807, 2.05) is 66.7 Å². The summed E-state index contributed by atoms with van der Waals surface area (Å²) in [4.78, 5) is 15.1. The Labute approximate surface area is 210 Å². The fourth-order valence-corrected chi connectivity index (χ4v) is 4.55. The van der Waals surface area contributed by atoms with Gasteiger partial charge in [0.1, 0.15) is 36.9 Å². The fraction of sp³-hybridized carbons (Fsp3) is 0.370. The highest BCUT2D eigenvalue weighted by Crippen LogP contribution is 2.20. The molecule has 4 N–H and O–H groups in total. The average molecular weight is 499 g/mol. The lowest BCUT2D eigenvalue weighted by Crippen LogP contribution is -2.46. The van der Waals surface area contributed by atoms with Crippen LogP contribution in [0.1, 0.15) is 27.9 Å². The van der Waals surface area contributed by atoms with Crippen LogP contribution in [0.4, 0.5) is 0 Å². The third kappa shape index (κ3) is 9.33. The molecule has 35 heavy (non-hydrogen) atoms. The first-order chi connectivity index (χ1) is 16.9. The third-order valence-corrected chi connectivity index (χ3v) is 6.76. The van der Waals surface area contributed by atoms with Gasteiger partial charge in [0, 0.05) is 24.0 Å². The Morgan fingerprint density at radius 3 is 1.86 bits per heavy atom. The van der Waals surface area contributed by atoms with E-state index in [9.17, 15) is 15.0 Å². The lowest BCUT2D eigenvalue weighted by atomic mass is 10.1. The molecule has 3 unspecified atom stereocenters. The summed E-state index contributed by atoms with van der Waals surface area (Å²) in [5.74, 6) is 0.981. The molecule has 3 aromatic rings. The summed E-state index contributed by atoms with van der Waals surface area (Å²) in [6.45, 7) is 3.05. The number of hydrogen-bond donors (Lipinski definition) is 3. The van der Waals surface area contributed by atoms with Gasteiger partial charge in [-0.1, -0.05) is 36.4 Å². The second-order valence-electron chi connectivity index (χ2n) is 8.53. The molecule has 1 heterocycles. The van der Waals surface area contributed by atoms with E-state index in [2.05, 4.69) is 11.8 Å². The van der Waals surface area contributed by atoms with Crippen LogP contribution in [0.5, 0.6) is 11.5 Å². The number of aliphatic hydroxyl groups excluding tert-OH is 2. The number of para-hydroxylation sites is 2. The van der Waals surface area contributed by atoms with Crippen molar-refractivity contribution >= 4 is 17.2 Å². The van der Waals surface area contributed by atoms with Crippen LogP contribution in [0.25, 0.3) is 0 Å². The molecule has 0 aliphatic carbocycles. The van der Waals surface area contributed by atoms with Gasteiger partial charge in [-0.3, -0.25) is 9.69 Å². The number of amides is 1. The van der Waals surface area contributed by atoms with Crippen LogP contribution in [0.2, 0.25) is 0 Å². The van der Waals surface area contributed by atoms with E-state index in [1.165, 1.54) is 11.3 Å². The van der Waals surface area contributed by atoms with Gasteiger partial charge in [-0.05, 0) is 56.2 Å². The van der Waals surface area contributed by atoms with Crippen molar-refractivity contribution in [2.24, 2.45) is 5.73 Å². The minimum absolute atomic E-state index is 0.0619. The Balaban J connectivity index is 1.56. The van der Waals surface area contributed by atoms with Crippen molar-refractivity contribution in [2.45, 2.75) is 38.0 Å². The number of aryl methyl sites for hydroxylation is 1. The highest BCUT2D eigenvalue weighted by atomic mass is 32.1. The van der Waals surface area contributed by atoms with Crippen LogP contribution >= 0.6 is 11.3 Å². The maximum absolute atomic E-state index is 11.4. The average Bonchev–Trinajstić information content (AvgIpc) is 3.35. The van der Waals surface area contributed by atoms with Gasteiger partial charge in [-0.15, -0.1) is 11.3 Å². The van der Waals surface area contributed by atoms with Crippen molar-refractivity contribution in [1.29, 1.82) is 0 Å². The first kappa shape index (κ1) is 26.7. The van der Waals surface area contributed by atoms with E-state index in [4.69, 9.17) is 15.2 Å². The maximum atomic E-state index is 11.4. The molecular weight excluding hydrogens is 464 g/mol. The Bertz CT molecular complexity index is 963. The van der Waals surface area contributed by atoms with Gasteiger partial charge in [-0.2, -0.15) is 0 Å². The number of rotatable bonds is 15. The monoisotopic (exact) mass is 498 g/mol.